The highest BCUT2D eigenvalue weighted by Gasteiger charge is 2.35. The van der Waals surface area contributed by atoms with Crippen LogP contribution in [0.25, 0.3) is 10.9 Å². The van der Waals surface area contributed by atoms with E-state index in [1.165, 1.54) is 43.0 Å². The highest BCUT2D eigenvalue weighted by molar-refractivity contribution is 7.98. The Morgan fingerprint density at radius 2 is 0.989 bits per heavy atom. The van der Waals surface area contributed by atoms with Crippen LogP contribution in [0.3, 0.4) is 0 Å². The van der Waals surface area contributed by atoms with E-state index in [-0.39, 0.29) is 43.6 Å². The molecule has 0 unspecified atom stereocenters. The number of H-pyrrole nitrogens is 1. The van der Waals surface area contributed by atoms with Crippen LogP contribution in [0, 0.1) is 0 Å². The number of carboxylic acid groups (broad SMARTS) is 3. The summed E-state index contributed by atoms with van der Waals surface area (Å²) in [6.45, 7) is 0.332. The number of nitrogens with one attached hydrogen (secondary N) is 10. The lowest BCUT2D eigenvalue weighted by Crippen LogP contribution is -2.59. The highest BCUT2D eigenvalue weighted by atomic mass is 32.2. The smallest absolute Gasteiger partial charge is 0.305 e. The Hall–Kier alpha value is -10.1. The monoisotopic (exact) mass is 1270 g/mol. The van der Waals surface area contributed by atoms with Gasteiger partial charge in [0.1, 0.15) is 54.1 Å². The summed E-state index contributed by atoms with van der Waals surface area (Å²) in [5.41, 5.74) is 18.8. The summed E-state index contributed by atoms with van der Waals surface area (Å²) < 4.78 is 0. The lowest BCUT2D eigenvalue weighted by atomic mass is 10.0. The Kier molecular flexibility index (Phi) is 29.2. The molecule has 32 heteroatoms. The third-order valence-electron chi connectivity index (χ3n) is 13.7. The summed E-state index contributed by atoms with van der Waals surface area (Å²) in [6, 6.07) is 7.03. The molecule has 1 aromatic heterocycles. The van der Waals surface area contributed by atoms with E-state index in [2.05, 4.69) is 52.8 Å². The van der Waals surface area contributed by atoms with Crippen LogP contribution in [0.2, 0.25) is 0 Å². The lowest BCUT2D eigenvalue weighted by Gasteiger charge is -2.26. The number of phenolic OH excluding ortho intramolecular Hbond substituents is 1. The number of benzene rings is 3. The Bertz CT molecular complexity index is 3220. The molecule has 31 nitrogen and oxygen atoms in total. The number of aliphatic carboxylic acids is 3. The second kappa shape index (κ2) is 36.3. The van der Waals surface area contributed by atoms with Crippen molar-refractivity contribution in [2.45, 2.75) is 132 Å². The molecule has 0 fully saturated rings. The maximum Gasteiger partial charge on any atom is 0.305 e. The number of thioether (sulfide) groups is 1. The Morgan fingerprint density at radius 3 is 1.59 bits per heavy atom. The fourth-order valence-electron chi connectivity index (χ4n) is 8.85. The molecule has 0 radical (unpaired) electrons. The van der Waals surface area contributed by atoms with Gasteiger partial charge in [-0.3, -0.25) is 67.1 Å². The van der Waals surface area contributed by atoms with Crippen LogP contribution in [-0.2, 0) is 86.4 Å². The molecule has 0 spiro atoms. The number of para-hydroxylation sites is 1. The van der Waals surface area contributed by atoms with E-state index in [0.717, 1.165) is 0 Å². The Balaban J connectivity index is 1.54. The minimum Gasteiger partial charge on any atom is -0.508 e. The number of primary amides is 2. The summed E-state index contributed by atoms with van der Waals surface area (Å²) in [7, 11) is 0. The predicted molar refractivity (Wildman–Crippen MR) is 323 cm³/mol. The molecule has 4 rings (SSSR count). The van der Waals surface area contributed by atoms with Crippen LogP contribution in [0.15, 0.2) is 85.1 Å². The lowest BCUT2D eigenvalue weighted by molar-refractivity contribution is -0.141. The topological polar surface area (TPSA) is 522 Å². The molecular weight excluding hydrogens is 1200 g/mol. The van der Waals surface area contributed by atoms with E-state index in [4.69, 9.17) is 22.3 Å². The number of hydrogen-bond acceptors (Lipinski definition) is 17. The van der Waals surface area contributed by atoms with Crippen LogP contribution >= 0.6 is 11.8 Å². The van der Waals surface area contributed by atoms with Gasteiger partial charge in [-0.25, -0.2) is 0 Å². The number of hydrogen-bond donors (Lipinski definition) is 17. The first-order valence-corrected chi connectivity index (χ1v) is 29.6. The second-order valence-electron chi connectivity index (χ2n) is 20.8. The van der Waals surface area contributed by atoms with Crippen LogP contribution in [-0.4, -0.2) is 181 Å². The molecule has 9 atom stereocenters. The molecule has 90 heavy (non-hydrogen) atoms. The van der Waals surface area contributed by atoms with Crippen molar-refractivity contribution in [3.8, 4) is 5.75 Å². The zero-order valence-electron chi connectivity index (χ0n) is 49.1. The van der Waals surface area contributed by atoms with Crippen molar-refractivity contribution in [1.82, 2.24) is 52.8 Å². The van der Waals surface area contributed by atoms with E-state index in [1.54, 1.807) is 67.0 Å². The zero-order chi connectivity index (χ0) is 66.6. The summed E-state index contributed by atoms with van der Waals surface area (Å²) >= 11 is 1.29. The van der Waals surface area contributed by atoms with Crippen molar-refractivity contribution in [3.05, 3.63) is 102 Å². The number of nitrogens with two attached hydrogens (primary N) is 3. The number of carboxylic acids is 3. The van der Waals surface area contributed by atoms with Crippen molar-refractivity contribution in [1.29, 1.82) is 0 Å². The number of carbonyl (C=O) groups is 14. The average Bonchev–Trinajstić information content (AvgIpc) is 1.85. The molecule has 20 N–H and O–H groups in total. The quantitative estimate of drug-likeness (QED) is 0.0211. The molecule has 486 valence electrons. The first-order valence-electron chi connectivity index (χ1n) is 28.2. The second-order valence-corrected chi connectivity index (χ2v) is 21.8. The number of aromatic hydroxyl groups is 1. The summed E-state index contributed by atoms with van der Waals surface area (Å²) in [5.74, 6) is -15.1. The summed E-state index contributed by atoms with van der Waals surface area (Å²) in [4.78, 5) is 186. The van der Waals surface area contributed by atoms with E-state index in [1.807, 2.05) is 0 Å². The largest absolute Gasteiger partial charge is 0.508 e. The zero-order valence-corrected chi connectivity index (χ0v) is 49.9. The number of fused-ring (bicyclic) bond motifs is 1. The van der Waals surface area contributed by atoms with Crippen molar-refractivity contribution in [2.75, 3.05) is 18.6 Å². The van der Waals surface area contributed by atoms with Gasteiger partial charge in [-0.15, -0.1) is 0 Å². The first-order chi connectivity index (χ1) is 42.6. The van der Waals surface area contributed by atoms with Gasteiger partial charge in [0.2, 0.25) is 65.0 Å². The number of carbonyl (C=O) groups excluding carboxylic acids is 11. The maximum atomic E-state index is 14.5. The van der Waals surface area contributed by atoms with Gasteiger partial charge >= 0.3 is 17.9 Å². The molecular formula is C58H75N13O18S. The fraction of sp³-hybridized carbons (Fsp3) is 0.414. The van der Waals surface area contributed by atoms with Crippen molar-refractivity contribution >= 4 is 106 Å². The van der Waals surface area contributed by atoms with Gasteiger partial charge in [0.25, 0.3) is 0 Å². The van der Waals surface area contributed by atoms with E-state index >= 15 is 0 Å². The van der Waals surface area contributed by atoms with Gasteiger partial charge in [0.15, 0.2) is 0 Å². The number of aromatic amines is 1. The fourth-order valence-corrected chi connectivity index (χ4v) is 9.32. The molecule has 4 aromatic rings. The molecule has 1 heterocycles. The number of aromatic nitrogens is 1. The van der Waals surface area contributed by atoms with Crippen molar-refractivity contribution in [2.24, 2.45) is 17.2 Å². The molecule has 0 saturated heterocycles. The van der Waals surface area contributed by atoms with Crippen molar-refractivity contribution < 1.29 is 87.5 Å². The van der Waals surface area contributed by atoms with Crippen LogP contribution in [0.1, 0.15) is 75.0 Å². The number of phenols is 1. The number of amides is 11. The number of rotatable bonds is 39. The summed E-state index contributed by atoms with van der Waals surface area (Å²) in [6.07, 6.45) is -1.31. The van der Waals surface area contributed by atoms with Crippen LogP contribution < -0.4 is 65.1 Å². The van der Waals surface area contributed by atoms with Crippen LogP contribution in [0.4, 0.5) is 0 Å². The maximum absolute atomic E-state index is 14.5. The predicted octanol–water partition coefficient (Wildman–Crippen LogP) is -3.05. The minimum atomic E-state index is -1.77. The first kappa shape index (κ1) is 72.4. The van der Waals surface area contributed by atoms with E-state index < -0.39 is 182 Å². The van der Waals surface area contributed by atoms with Gasteiger partial charge in [-0.1, -0.05) is 60.7 Å². The third-order valence-corrected chi connectivity index (χ3v) is 14.4. The minimum absolute atomic E-state index is 0.0602. The Morgan fingerprint density at radius 1 is 0.500 bits per heavy atom. The SMILES string of the molecule is CSCC[C@H](NC(=O)[C@H](Cc1c[nH]c2ccccc12)NC(=O)CNC(=O)[C@H](Cc1ccc(O)cc1)NC(=O)[C@H](C)NC(=O)[C@@H](CCC(=O)O)NC(=O)[C@@H](CCC(N)=O)NC(=O)[C@H](N)CCC(=O)O)C(=O)N[C@@H](CC(=O)O)C(=O)N[C@@H](Cc1ccccc1)C(N)=O. The van der Waals surface area contributed by atoms with E-state index in [0.29, 0.717) is 27.6 Å². The van der Waals surface area contributed by atoms with Crippen LogP contribution in [0.5, 0.6) is 5.75 Å². The Labute approximate surface area is 519 Å². The molecule has 0 aliphatic rings. The van der Waals surface area contributed by atoms with Gasteiger partial charge in [-0.05, 0) is 79.5 Å². The molecule has 0 aliphatic heterocycles. The molecule has 11 amide bonds. The summed E-state index contributed by atoms with van der Waals surface area (Å²) in [5, 5.41) is 60.6. The van der Waals surface area contributed by atoms with E-state index in [9.17, 15) is 82.4 Å². The van der Waals surface area contributed by atoms with Gasteiger partial charge in [0.05, 0.1) is 19.0 Å². The molecule has 0 aliphatic carbocycles. The van der Waals surface area contributed by atoms with Crippen molar-refractivity contribution in [3.63, 3.8) is 0 Å². The van der Waals surface area contributed by atoms with Gasteiger partial charge < -0.3 is 90.5 Å². The molecule has 0 saturated carbocycles. The average molecular weight is 1270 g/mol. The third kappa shape index (κ3) is 24.9. The molecule has 0 bridgehead atoms. The normalized spacial score (nSPS) is 13.9. The van der Waals surface area contributed by atoms with Gasteiger partial charge in [0, 0.05) is 55.6 Å². The highest BCUT2D eigenvalue weighted by Crippen LogP contribution is 2.20. The molecule has 3 aromatic carbocycles. The standard InChI is InChI=1S/C58H75N13O18S/c1-30(64-54(85)39(18-21-48(77)78)67-55(86)38(17-19-45(60)73)66-52(83)36(59)16-20-47(75)76)51(82)70-42(25-32-12-14-34(72)15-13-32)53(84)63-29-46(74)65-43(26-33-28-62-37-11-7-6-10-35(33)37)57(88)68-40(22-23-90-2)56(87)71-44(27-49(79)80)58(89)69-41(50(61)81)24-31-8-4-3-5-9-31/h3-15,28,30,36,38-44,62,72H,16-27,29,59H2,1-2H3,(H2,60,73)(H2,61,81)(H,63,84)(H,64,85)(H,65,74)(H,66,83)(H,67,86)(H,68,88)(H,69,89)(H,70,82)(H,71,87)(H,75,76)(H,77,78)(H,79,80)/t30-,36+,38+,39+,40-,41-,42-,43-,44-/m0/s1. The van der Waals surface area contributed by atoms with Gasteiger partial charge in [-0.2, -0.15) is 11.8 Å².